The molecule has 0 aliphatic carbocycles. The van der Waals surface area contributed by atoms with E-state index in [9.17, 15) is 9.59 Å². The number of esters is 1. The molecule has 1 aliphatic rings. The lowest BCUT2D eigenvalue weighted by Gasteiger charge is -2.25. The van der Waals surface area contributed by atoms with Gasteiger partial charge in [-0.25, -0.2) is 9.79 Å². The molecule has 194 valence electrons. The average Bonchev–Trinajstić information content (AvgIpc) is 3.19. The van der Waals surface area contributed by atoms with Gasteiger partial charge in [0.2, 0.25) is 0 Å². The maximum atomic E-state index is 13.8. The number of thiazole rings is 1. The maximum absolute atomic E-state index is 13.8. The van der Waals surface area contributed by atoms with Crippen molar-refractivity contribution in [3.05, 3.63) is 83.0 Å². The second kappa shape index (κ2) is 11.4. The summed E-state index contributed by atoms with van der Waals surface area (Å²) in [6.07, 6.45) is 1.79. The highest BCUT2D eigenvalue weighted by Gasteiger charge is 2.34. The summed E-state index contributed by atoms with van der Waals surface area (Å²) in [7, 11) is 3.15. The second-order valence-corrected chi connectivity index (χ2v) is 9.90. The number of nitrogens with zero attached hydrogens (tertiary/aromatic N) is 2. The van der Waals surface area contributed by atoms with Crippen molar-refractivity contribution in [1.82, 2.24) is 4.57 Å². The van der Waals surface area contributed by atoms with E-state index in [2.05, 4.69) is 20.9 Å². The topological polar surface area (TPSA) is 88.4 Å². The van der Waals surface area contributed by atoms with Crippen molar-refractivity contribution in [2.24, 2.45) is 4.99 Å². The van der Waals surface area contributed by atoms with Gasteiger partial charge in [-0.05, 0) is 68.3 Å². The fourth-order valence-corrected chi connectivity index (χ4v) is 5.54. The first-order valence-corrected chi connectivity index (χ1v) is 13.3. The summed E-state index contributed by atoms with van der Waals surface area (Å²) >= 11 is 4.80. The number of allylic oxidation sites excluding steroid dienone is 1. The molecule has 0 saturated heterocycles. The highest BCUT2D eigenvalue weighted by atomic mass is 79.9. The smallest absolute Gasteiger partial charge is 0.338 e. The normalized spacial score (nSPS) is 15.2. The van der Waals surface area contributed by atoms with Crippen LogP contribution in [0.4, 0.5) is 0 Å². The molecule has 2 heterocycles. The predicted octanol–water partition coefficient (Wildman–Crippen LogP) is 3.98. The molecule has 0 fully saturated rings. The molecular formula is C27H27BrN2O6S. The van der Waals surface area contributed by atoms with Crippen LogP contribution in [0, 0.1) is 0 Å². The van der Waals surface area contributed by atoms with Crippen LogP contribution in [0.2, 0.25) is 0 Å². The molecule has 0 saturated carbocycles. The lowest BCUT2D eigenvalue weighted by Crippen LogP contribution is -2.40. The molecule has 1 aromatic heterocycles. The van der Waals surface area contributed by atoms with Crippen molar-refractivity contribution < 1.29 is 23.7 Å². The molecule has 10 heteroatoms. The number of aromatic nitrogens is 1. The van der Waals surface area contributed by atoms with Crippen LogP contribution in [0.25, 0.3) is 6.08 Å². The summed E-state index contributed by atoms with van der Waals surface area (Å²) in [5.41, 5.74) is 1.98. The van der Waals surface area contributed by atoms with E-state index in [1.807, 2.05) is 31.2 Å². The number of carbonyl (C=O) groups excluding carboxylic acids is 1. The molecule has 8 nitrogen and oxygen atoms in total. The van der Waals surface area contributed by atoms with E-state index in [1.54, 1.807) is 50.8 Å². The van der Waals surface area contributed by atoms with E-state index in [0.717, 1.165) is 10.0 Å². The number of hydrogen-bond donors (Lipinski definition) is 0. The van der Waals surface area contributed by atoms with Gasteiger partial charge in [-0.1, -0.05) is 33.3 Å². The SMILES string of the molecule is CCOC(=O)C1=C(C)N=c2s/c(=C\c3cc(OC)ccc3Br)c(=O)n2[C@H]1c1ccc(OC)c(OCC)c1. The number of hydrogen-bond acceptors (Lipinski definition) is 8. The first-order chi connectivity index (χ1) is 17.8. The molecule has 0 spiro atoms. The molecule has 0 amide bonds. The molecule has 37 heavy (non-hydrogen) atoms. The Bertz CT molecular complexity index is 1560. The fourth-order valence-electron chi connectivity index (χ4n) is 4.14. The van der Waals surface area contributed by atoms with Gasteiger partial charge < -0.3 is 18.9 Å². The lowest BCUT2D eigenvalue weighted by molar-refractivity contribution is -0.139. The maximum Gasteiger partial charge on any atom is 0.338 e. The Morgan fingerprint density at radius 3 is 2.57 bits per heavy atom. The minimum Gasteiger partial charge on any atom is -0.497 e. The van der Waals surface area contributed by atoms with Crippen molar-refractivity contribution in [1.29, 1.82) is 0 Å². The molecule has 0 bridgehead atoms. The summed E-state index contributed by atoms with van der Waals surface area (Å²) in [6, 6.07) is 10.2. The summed E-state index contributed by atoms with van der Waals surface area (Å²) in [5.74, 6) is 1.22. The zero-order chi connectivity index (χ0) is 26.7. The second-order valence-electron chi connectivity index (χ2n) is 8.03. The standard InChI is InChI=1S/C27H27BrN2O6S/c1-6-35-21-13-16(8-11-20(21)34-5)24-23(26(32)36-7-2)15(3)29-27-30(24)25(31)22(37-27)14-17-12-18(33-4)9-10-19(17)28/h8-14,24H,6-7H2,1-5H3/b22-14-/t24-/m0/s1. The third kappa shape index (κ3) is 5.21. The monoisotopic (exact) mass is 586 g/mol. The summed E-state index contributed by atoms with van der Waals surface area (Å²) in [4.78, 5) is 32.1. The van der Waals surface area contributed by atoms with Crippen molar-refractivity contribution in [2.45, 2.75) is 26.8 Å². The number of benzene rings is 2. The van der Waals surface area contributed by atoms with Crippen LogP contribution in [0.3, 0.4) is 0 Å². The Kier molecular flexibility index (Phi) is 8.19. The van der Waals surface area contributed by atoms with Crippen LogP contribution in [0.1, 0.15) is 37.9 Å². The summed E-state index contributed by atoms with van der Waals surface area (Å²) < 4.78 is 24.8. The van der Waals surface area contributed by atoms with E-state index < -0.39 is 12.0 Å². The first-order valence-electron chi connectivity index (χ1n) is 11.7. The highest BCUT2D eigenvalue weighted by molar-refractivity contribution is 9.10. The van der Waals surface area contributed by atoms with Crippen LogP contribution < -0.4 is 29.1 Å². The highest BCUT2D eigenvalue weighted by Crippen LogP contribution is 2.36. The molecule has 0 N–H and O–H groups in total. The number of ether oxygens (including phenoxy) is 4. The third-order valence-electron chi connectivity index (χ3n) is 5.81. The largest absolute Gasteiger partial charge is 0.497 e. The van der Waals surface area contributed by atoms with Crippen molar-refractivity contribution >= 4 is 39.3 Å². The summed E-state index contributed by atoms with van der Waals surface area (Å²) in [6.45, 7) is 5.99. The van der Waals surface area contributed by atoms with E-state index >= 15 is 0 Å². The Labute approximate surface area is 226 Å². The Morgan fingerprint density at radius 1 is 1.11 bits per heavy atom. The lowest BCUT2D eigenvalue weighted by atomic mass is 9.95. The van der Waals surface area contributed by atoms with Crippen LogP contribution in [0.5, 0.6) is 17.2 Å². The summed E-state index contributed by atoms with van der Waals surface area (Å²) in [5, 5.41) is 0. The van der Waals surface area contributed by atoms with Crippen LogP contribution >= 0.6 is 27.3 Å². The van der Waals surface area contributed by atoms with Crippen LogP contribution in [0.15, 0.2) is 61.9 Å². The number of rotatable bonds is 8. The Hall–Kier alpha value is -3.37. The van der Waals surface area contributed by atoms with Gasteiger partial charge in [0.25, 0.3) is 5.56 Å². The molecule has 3 aromatic rings. The first kappa shape index (κ1) is 26.7. The van der Waals surface area contributed by atoms with E-state index in [-0.39, 0.29) is 12.2 Å². The fraction of sp³-hybridized carbons (Fsp3) is 0.296. The van der Waals surface area contributed by atoms with Gasteiger partial charge in [0.1, 0.15) is 5.75 Å². The van der Waals surface area contributed by atoms with Crippen LogP contribution in [-0.4, -0.2) is 38.0 Å². The van der Waals surface area contributed by atoms with Crippen LogP contribution in [-0.2, 0) is 9.53 Å². The number of halogens is 1. The third-order valence-corrected chi connectivity index (χ3v) is 7.52. The van der Waals surface area contributed by atoms with Gasteiger partial charge >= 0.3 is 5.97 Å². The van der Waals surface area contributed by atoms with Crippen molar-refractivity contribution in [3.8, 4) is 17.2 Å². The number of methoxy groups -OCH3 is 2. The van der Waals surface area contributed by atoms with Crippen molar-refractivity contribution in [3.63, 3.8) is 0 Å². The molecular weight excluding hydrogens is 560 g/mol. The predicted molar refractivity (Wildman–Crippen MR) is 145 cm³/mol. The zero-order valence-electron chi connectivity index (χ0n) is 21.2. The van der Waals surface area contributed by atoms with Gasteiger partial charge in [-0.3, -0.25) is 9.36 Å². The number of carbonyl (C=O) groups is 1. The van der Waals surface area contributed by atoms with E-state index in [0.29, 0.717) is 50.0 Å². The molecule has 0 unspecified atom stereocenters. The van der Waals surface area contributed by atoms with E-state index in [1.165, 1.54) is 11.3 Å². The molecule has 2 aromatic carbocycles. The minimum atomic E-state index is -0.753. The zero-order valence-corrected chi connectivity index (χ0v) is 23.6. The molecule has 0 radical (unpaired) electrons. The Balaban J connectivity index is 1.97. The molecule has 1 aliphatic heterocycles. The minimum absolute atomic E-state index is 0.198. The van der Waals surface area contributed by atoms with Gasteiger partial charge in [0, 0.05) is 4.47 Å². The number of fused-ring (bicyclic) bond motifs is 1. The van der Waals surface area contributed by atoms with Crippen molar-refractivity contribution in [2.75, 3.05) is 27.4 Å². The molecule has 4 rings (SSSR count). The van der Waals surface area contributed by atoms with Gasteiger partial charge in [0.15, 0.2) is 16.3 Å². The Morgan fingerprint density at radius 2 is 1.89 bits per heavy atom. The quantitative estimate of drug-likeness (QED) is 0.371. The van der Waals surface area contributed by atoms with Gasteiger partial charge in [-0.15, -0.1) is 0 Å². The van der Waals surface area contributed by atoms with Gasteiger partial charge in [-0.2, -0.15) is 0 Å². The average molecular weight is 587 g/mol. The van der Waals surface area contributed by atoms with E-state index in [4.69, 9.17) is 18.9 Å². The molecule has 1 atom stereocenters. The van der Waals surface area contributed by atoms with Gasteiger partial charge in [0.05, 0.1) is 49.3 Å².